The van der Waals surface area contributed by atoms with Crippen molar-refractivity contribution in [1.29, 1.82) is 0 Å². The monoisotopic (exact) mass is 448 g/mol. The number of sulfonamides is 1. The Kier molecular flexibility index (Phi) is 4.96. The van der Waals surface area contributed by atoms with Crippen LogP contribution >= 0.6 is 27.3 Å². The van der Waals surface area contributed by atoms with Crippen LogP contribution in [-0.2, 0) is 22.9 Å². The summed E-state index contributed by atoms with van der Waals surface area (Å²) in [7, 11) is -3.55. The molecule has 4 rings (SSSR count). The fourth-order valence-electron chi connectivity index (χ4n) is 3.42. The number of nitrogens with zero attached hydrogens (tertiary/aromatic N) is 2. The SMILES string of the molecule is O=S(=O)(c1ccc(Br)s1)N1CCc2ccccc2C1Cc1ccncc1. The molecule has 26 heavy (non-hydrogen) atoms. The first-order valence-corrected chi connectivity index (χ1v) is 11.3. The minimum Gasteiger partial charge on any atom is -0.265 e. The van der Waals surface area contributed by atoms with Gasteiger partial charge in [-0.1, -0.05) is 24.3 Å². The molecule has 0 amide bonds. The van der Waals surface area contributed by atoms with Gasteiger partial charge < -0.3 is 0 Å². The summed E-state index contributed by atoms with van der Waals surface area (Å²) in [5.41, 5.74) is 3.40. The van der Waals surface area contributed by atoms with Crippen molar-refractivity contribution in [3.05, 3.63) is 81.4 Å². The summed E-state index contributed by atoms with van der Waals surface area (Å²) in [6, 6.07) is 15.3. The maximum Gasteiger partial charge on any atom is 0.253 e. The molecular formula is C19H17BrN2O2S2. The van der Waals surface area contributed by atoms with Crippen LogP contribution in [0.15, 0.2) is 68.9 Å². The molecular weight excluding hydrogens is 432 g/mol. The standard InChI is InChI=1S/C19H17BrN2O2S2/c20-18-5-6-19(25-18)26(23,24)22-12-9-15-3-1-2-4-16(15)17(22)13-14-7-10-21-11-8-14/h1-8,10-11,17H,9,12-13H2. The Bertz CT molecular complexity index is 1020. The average Bonchev–Trinajstić information content (AvgIpc) is 3.10. The Balaban J connectivity index is 1.78. The molecule has 7 heteroatoms. The highest BCUT2D eigenvalue weighted by Crippen LogP contribution is 2.38. The van der Waals surface area contributed by atoms with E-state index in [0.717, 1.165) is 21.3 Å². The number of rotatable bonds is 4. The van der Waals surface area contributed by atoms with E-state index >= 15 is 0 Å². The summed E-state index contributed by atoms with van der Waals surface area (Å²) in [4.78, 5) is 4.07. The van der Waals surface area contributed by atoms with Crippen molar-refractivity contribution in [1.82, 2.24) is 9.29 Å². The predicted octanol–water partition coefficient (Wildman–Crippen LogP) is 4.44. The molecule has 3 heterocycles. The molecule has 4 nitrogen and oxygen atoms in total. The molecule has 0 saturated heterocycles. The Morgan fingerprint density at radius 3 is 2.62 bits per heavy atom. The van der Waals surface area contributed by atoms with Gasteiger partial charge in [-0.15, -0.1) is 11.3 Å². The van der Waals surface area contributed by atoms with Gasteiger partial charge in [0.1, 0.15) is 4.21 Å². The zero-order valence-corrected chi connectivity index (χ0v) is 17.1. The first kappa shape index (κ1) is 17.9. The number of benzene rings is 1. The molecule has 0 aliphatic carbocycles. The first-order chi connectivity index (χ1) is 12.6. The maximum absolute atomic E-state index is 13.3. The van der Waals surface area contributed by atoms with Gasteiger partial charge in [0, 0.05) is 18.9 Å². The lowest BCUT2D eigenvalue weighted by molar-refractivity contribution is 0.306. The van der Waals surface area contributed by atoms with Crippen LogP contribution in [0.4, 0.5) is 0 Å². The van der Waals surface area contributed by atoms with Crippen molar-refractivity contribution >= 4 is 37.3 Å². The molecule has 0 N–H and O–H groups in total. The van der Waals surface area contributed by atoms with E-state index in [1.807, 2.05) is 30.3 Å². The number of thiophene rings is 1. The van der Waals surface area contributed by atoms with Crippen LogP contribution in [0.2, 0.25) is 0 Å². The molecule has 0 spiro atoms. The van der Waals surface area contributed by atoms with Gasteiger partial charge in [-0.3, -0.25) is 4.98 Å². The predicted molar refractivity (Wildman–Crippen MR) is 107 cm³/mol. The van der Waals surface area contributed by atoms with E-state index in [9.17, 15) is 8.42 Å². The van der Waals surface area contributed by atoms with Gasteiger partial charge in [0.2, 0.25) is 0 Å². The van der Waals surface area contributed by atoms with Gasteiger partial charge in [0.05, 0.1) is 9.83 Å². The molecule has 1 aromatic carbocycles. The molecule has 1 unspecified atom stereocenters. The van der Waals surface area contributed by atoms with E-state index in [4.69, 9.17) is 0 Å². The molecule has 1 aliphatic rings. The van der Waals surface area contributed by atoms with Crippen molar-refractivity contribution in [3.8, 4) is 0 Å². The quantitative estimate of drug-likeness (QED) is 0.592. The van der Waals surface area contributed by atoms with Crippen LogP contribution in [0.1, 0.15) is 22.7 Å². The normalized spacial score (nSPS) is 17.8. The maximum atomic E-state index is 13.3. The third-order valence-corrected chi connectivity index (χ3v) is 8.65. The van der Waals surface area contributed by atoms with Crippen molar-refractivity contribution in [2.45, 2.75) is 23.1 Å². The van der Waals surface area contributed by atoms with E-state index in [2.05, 4.69) is 27.0 Å². The lowest BCUT2D eigenvalue weighted by atomic mass is 9.90. The third-order valence-electron chi connectivity index (χ3n) is 4.65. The van der Waals surface area contributed by atoms with Crippen LogP contribution in [-0.4, -0.2) is 24.3 Å². The Hall–Kier alpha value is -1.54. The first-order valence-electron chi connectivity index (χ1n) is 8.29. The van der Waals surface area contributed by atoms with Crippen molar-refractivity contribution in [3.63, 3.8) is 0 Å². The highest BCUT2D eigenvalue weighted by atomic mass is 79.9. The molecule has 1 aliphatic heterocycles. The molecule has 0 fully saturated rings. The molecule has 134 valence electrons. The zero-order valence-electron chi connectivity index (χ0n) is 13.9. The van der Waals surface area contributed by atoms with Crippen molar-refractivity contribution < 1.29 is 8.42 Å². The van der Waals surface area contributed by atoms with Crippen LogP contribution in [0.5, 0.6) is 0 Å². The molecule has 3 aromatic rings. The second kappa shape index (κ2) is 7.23. The Morgan fingerprint density at radius 1 is 1.12 bits per heavy atom. The largest absolute Gasteiger partial charge is 0.265 e. The molecule has 0 radical (unpaired) electrons. The van der Waals surface area contributed by atoms with Gasteiger partial charge in [0.15, 0.2) is 0 Å². The topological polar surface area (TPSA) is 50.3 Å². The third kappa shape index (κ3) is 3.36. The van der Waals surface area contributed by atoms with Crippen molar-refractivity contribution in [2.24, 2.45) is 0 Å². The van der Waals surface area contributed by atoms with Gasteiger partial charge in [0.25, 0.3) is 10.0 Å². The van der Waals surface area contributed by atoms with Gasteiger partial charge in [-0.25, -0.2) is 8.42 Å². The Labute approximate surface area is 165 Å². The van der Waals surface area contributed by atoms with Gasteiger partial charge in [-0.05, 0) is 69.7 Å². The van der Waals surface area contributed by atoms with E-state index in [1.165, 1.54) is 16.9 Å². The fraction of sp³-hybridized carbons (Fsp3) is 0.211. The Morgan fingerprint density at radius 2 is 1.88 bits per heavy atom. The number of pyridine rings is 1. The summed E-state index contributed by atoms with van der Waals surface area (Å²) >= 11 is 4.63. The zero-order chi connectivity index (χ0) is 18.1. The summed E-state index contributed by atoms with van der Waals surface area (Å²) in [5.74, 6) is 0. The van der Waals surface area contributed by atoms with E-state index in [0.29, 0.717) is 17.2 Å². The van der Waals surface area contributed by atoms with Gasteiger partial charge in [-0.2, -0.15) is 4.31 Å². The number of hydrogen-bond acceptors (Lipinski definition) is 4. The smallest absolute Gasteiger partial charge is 0.253 e. The molecule has 1 atom stereocenters. The molecule has 0 bridgehead atoms. The minimum absolute atomic E-state index is 0.215. The average molecular weight is 449 g/mol. The summed E-state index contributed by atoms with van der Waals surface area (Å²) < 4.78 is 29.5. The van der Waals surface area contributed by atoms with E-state index in [-0.39, 0.29) is 6.04 Å². The van der Waals surface area contributed by atoms with Crippen molar-refractivity contribution in [2.75, 3.05) is 6.54 Å². The highest BCUT2D eigenvalue weighted by molar-refractivity contribution is 9.11. The highest BCUT2D eigenvalue weighted by Gasteiger charge is 2.37. The number of fused-ring (bicyclic) bond motifs is 1. The second-order valence-corrected chi connectivity index (χ2v) is 10.8. The summed E-state index contributed by atoms with van der Waals surface area (Å²) in [6.45, 7) is 0.491. The summed E-state index contributed by atoms with van der Waals surface area (Å²) in [6.07, 6.45) is 4.86. The van der Waals surface area contributed by atoms with E-state index < -0.39 is 10.0 Å². The molecule has 2 aromatic heterocycles. The fourth-order valence-corrected chi connectivity index (χ4v) is 7.17. The molecule has 0 saturated carbocycles. The lowest BCUT2D eigenvalue weighted by Crippen LogP contribution is -2.40. The van der Waals surface area contributed by atoms with Gasteiger partial charge >= 0.3 is 0 Å². The number of halogens is 1. The van der Waals surface area contributed by atoms with Crippen LogP contribution in [0.3, 0.4) is 0 Å². The minimum atomic E-state index is -3.55. The number of hydrogen-bond donors (Lipinski definition) is 0. The summed E-state index contributed by atoms with van der Waals surface area (Å²) in [5, 5.41) is 0. The lowest BCUT2D eigenvalue weighted by Gasteiger charge is -2.36. The van der Waals surface area contributed by atoms with Crippen LogP contribution < -0.4 is 0 Å². The van der Waals surface area contributed by atoms with E-state index in [1.54, 1.807) is 28.8 Å². The second-order valence-electron chi connectivity index (χ2n) is 6.20. The number of aromatic nitrogens is 1. The van der Waals surface area contributed by atoms with Crippen LogP contribution in [0.25, 0.3) is 0 Å². The van der Waals surface area contributed by atoms with Crippen LogP contribution in [0, 0.1) is 0 Å².